The number of carbonyl (C=O) groups excluding carboxylic acids is 1. The van der Waals surface area contributed by atoms with Gasteiger partial charge in [0.25, 0.3) is 0 Å². The third kappa shape index (κ3) is 6.13. The Morgan fingerprint density at radius 3 is 2.75 bits per heavy atom. The summed E-state index contributed by atoms with van der Waals surface area (Å²) in [5.74, 6) is 1.22. The molecule has 0 aromatic carbocycles. The predicted octanol–water partition coefficient (Wildman–Crippen LogP) is 2.13. The van der Waals surface area contributed by atoms with E-state index >= 15 is 0 Å². The average molecular weight is 489 g/mol. The van der Waals surface area contributed by atoms with Gasteiger partial charge in [0.15, 0.2) is 11.6 Å². The van der Waals surface area contributed by atoms with Crippen LogP contribution in [0.25, 0.3) is 5.82 Å². The predicted molar refractivity (Wildman–Crippen MR) is 129 cm³/mol. The third-order valence-electron chi connectivity index (χ3n) is 4.83. The quantitative estimate of drug-likeness (QED) is 0.193. The molecule has 1 amide bonds. The Morgan fingerprint density at radius 2 is 2.08 bits per heavy atom. The number of carbonyl (C=O) groups is 1. The van der Waals surface area contributed by atoms with Crippen molar-refractivity contribution in [2.75, 3.05) is 37.4 Å². The number of nitrogens with one attached hydrogen (secondary N) is 3. The van der Waals surface area contributed by atoms with E-state index in [1.54, 1.807) is 26.3 Å². The molecular weight excluding hydrogens is 464 g/mol. The van der Waals surface area contributed by atoms with Gasteiger partial charge in [0, 0.05) is 44.1 Å². The Labute approximate surface area is 207 Å². The number of anilines is 2. The largest absolute Gasteiger partial charge is 0.383 e. The van der Waals surface area contributed by atoms with Crippen molar-refractivity contribution in [3.63, 3.8) is 0 Å². The molecule has 1 atom stereocenters. The highest BCUT2D eigenvalue weighted by atomic mass is 16.5. The Balaban J connectivity index is 2.03. The van der Waals surface area contributed by atoms with E-state index in [-0.39, 0.29) is 23.0 Å². The van der Waals surface area contributed by atoms with Gasteiger partial charge in [-0.1, -0.05) is 0 Å². The number of amides is 1. The van der Waals surface area contributed by atoms with Crippen molar-refractivity contribution < 1.29 is 9.53 Å². The molecule has 3 heterocycles. The van der Waals surface area contributed by atoms with Crippen LogP contribution in [0.15, 0.2) is 35.0 Å². The molecule has 0 fully saturated rings. The lowest BCUT2D eigenvalue weighted by atomic mass is 10.1. The maximum absolute atomic E-state index is 10.6. The smallest absolute Gasteiger partial charge is 0.213 e. The van der Waals surface area contributed by atoms with Crippen molar-refractivity contribution in [1.29, 1.82) is 10.5 Å². The topological polar surface area (TPSA) is 191 Å². The van der Waals surface area contributed by atoms with Crippen LogP contribution < -0.4 is 16.0 Å². The van der Waals surface area contributed by atoms with Gasteiger partial charge in [-0.15, -0.1) is 15.3 Å². The van der Waals surface area contributed by atoms with Crippen LogP contribution in [-0.4, -0.2) is 64.0 Å². The lowest BCUT2D eigenvalue weighted by molar-refractivity contribution is -0.109. The molecule has 0 saturated heterocycles. The van der Waals surface area contributed by atoms with E-state index in [1.165, 1.54) is 17.2 Å². The highest BCUT2D eigenvalue weighted by Crippen LogP contribution is 2.35. The number of rotatable bonds is 12. The van der Waals surface area contributed by atoms with Crippen LogP contribution in [0.4, 0.5) is 23.1 Å². The van der Waals surface area contributed by atoms with E-state index < -0.39 is 0 Å². The number of pyridine rings is 1. The average Bonchev–Trinajstić information content (AvgIpc) is 3.30. The van der Waals surface area contributed by atoms with Crippen LogP contribution in [0.5, 0.6) is 0 Å². The molecule has 0 aliphatic rings. The molecule has 0 radical (unpaired) electrons. The molecule has 3 aromatic heterocycles. The van der Waals surface area contributed by atoms with E-state index in [9.17, 15) is 15.3 Å². The van der Waals surface area contributed by atoms with E-state index in [1.807, 2.05) is 13.0 Å². The number of hydrogen-bond acceptors (Lipinski definition) is 12. The molecule has 36 heavy (non-hydrogen) atoms. The highest BCUT2D eigenvalue weighted by molar-refractivity contribution is 5.74. The summed E-state index contributed by atoms with van der Waals surface area (Å²) in [7, 11) is 1.58. The Bertz CT molecular complexity index is 1310. The Kier molecular flexibility index (Phi) is 8.91. The number of nitrogens with zero attached hydrogens (tertiary/aromatic N) is 9. The van der Waals surface area contributed by atoms with Gasteiger partial charge in [0.2, 0.25) is 12.2 Å². The highest BCUT2D eigenvalue weighted by Gasteiger charge is 2.19. The van der Waals surface area contributed by atoms with E-state index in [0.29, 0.717) is 54.8 Å². The first-order valence-corrected chi connectivity index (χ1v) is 10.8. The van der Waals surface area contributed by atoms with E-state index in [2.05, 4.69) is 52.3 Å². The molecule has 3 N–H and O–H groups in total. The summed E-state index contributed by atoms with van der Waals surface area (Å²) in [5, 5.41) is 41.0. The fourth-order valence-electron chi connectivity index (χ4n) is 3.17. The first kappa shape index (κ1) is 25.7. The number of methoxy groups -OCH3 is 1. The molecule has 14 nitrogen and oxygen atoms in total. The minimum absolute atomic E-state index is 0.0681. The van der Waals surface area contributed by atoms with Gasteiger partial charge in [0.05, 0.1) is 18.4 Å². The van der Waals surface area contributed by atoms with Crippen molar-refractivity contribution in [1.82, 2.24) is 30.0 Å². The summed E-state index contributed by atoms with van der Waals surface area (Å²) in [4.78, 5) is 23.1. The van der Waals surface area contributed by atoms with Gasteiger partial charge in [-0.25, -0.2) is 19.6 Å². The zero-order chi connectivity index (χ0) is 25.9. The zero-order valence-electron chi connectivity index (χ0n) is 19.9. The Morgan fingerprint density at radius 1 is 1.25 bits per heavy atom. The Hall–Kier alpha value is -4.95. The normalized spacial score (nSPS) is 11.5. The fourth-order valence-corrected chi connectivity index (χ4v) is 3.17. The molecule has 184 valence electrons. The van der Waals surface area contributed by atoms with E-state index in [0.717, 1.165) is 0 Å². The maximum Gasteiger partial charge on any atom is 0.213 e. The molecule has 3 aromatic rings. The minimum Gasteiger partial charge on any atom is -0.383 e. The van der Waals surface area contributed by atoms with Gasteiger partial charge in [-0.2, -0.15) is 10.5 Å². The monoisotopic (exact) mass is 488 g/mol. The van der Waals surface area contributed by atoms with Gasteiger partial charge in [0.1, 0.15) is 35.5 Å². The molecular formula is C22H24N12O2. The summed E-state index contributed by atoms with van der Waals surface area (Å²) in [6, 6.07) is 5.72. The molecule has 0 aliphatic heterocycles. The fraction of sp³-hybridized carbons (Fsp3) is 0.318. The van der Waals surface area contributed by atoms with Crippen molar-refractivity contribution in [2.45, 2.75) is 19.9 Å². The lowest BCUT2D eigenvalue weighted by Crippen LogP contribution is -2.24. The number of aromatic nitrogens is 5. The van der Waals surface area contributed by atoms with Gasteiger partial charge >= 0.3 is 0 Å². The van der Waals surface area contributed by atoms with Crippen LogP contribution >= 0.6 is 0 Å². The van der Waals surface area contributed by atoms with Gasteiger partial charge in [-0.05, 0) is 13.8 Å². The van der Waals surface area contributed by atoms with Crippen molar-refractivity contribution in [3.8, 4) is 18.0 Å². The van der Waals surface area contributed by atoms with Crippen molar-refractivity contribution in [3.05, 3.63) is 41.5 Å². The first-order valence-electron chi connectivity index (χ1n) is 10.8. The van der Waals surface area contributed by atoms with Gasteiger partial charge < -0.3 is 20.7 Å². The number of ether oxygens (including phenoxy) is 1. The third-order valence-corrected chi connectivity index (χ3v) is 4.83. The minimum atomic E-state index is -0.116. The summed E-state index contributed by atoms with van der Waals surface area (Å²) in [6.45, 7) is 4.71. The standard InChI is InChI=1S/C22H24N12O2/c1-14(11-36-3)29-21-17(9-24)15(2)19(22(30-21)27-7-6-26-13-35)31-32-20-16(8-23)10-34(33-20)18-4-5-25-12-28-18/h4-5,10,12-14H,6-7,11H2,1-3H3,(H,26,35)(H2,27,29,30). The molecule has 0 spiro atoms. The number of hydrogen-bond donors (Lipinski definition) is 3. The summed E-state index contributed by atoms with van der Waals surface area (Å²) in [5.41, 5.74) is 1.28. The molecule has 14 heteroatoms. The number of azo groups is 1. The first-order chi connectivity index (χ1) is 17.5. The second-order valence-corrected chi connectivity index (χ2v) is 7.46. The van der Waals surface area contributed by atoms with Crippen molar-refractivity contribution in [2.24, 2.45) is 10.2 Å². The second-order valence-electron chi connectivity index (χ2n) is 7.46. The summed E-state index contributed by atoms with van der Waals surface area (Å²) < 4.78 is 6.56. The second kappa shape index (κ2) is 12.5. The van der Waals surface area contributed by atoms with Crippen LogP contribution in [0.1, 0.15) is 23.6 Å². The summed E-state index contributed by atoms with van der Waals surface area (Å²) >= 11 is 0. The van der Waals surface area contributed by atoms with Crippen LogP contribution in [0, 0.1) is 29.6 Å². The van der Waals surface area contributed by atoms with Crippen LogP contribution in [0.3, 0.4) is 0 Å². The molecule has 3 rings (SSSR count). The van der Waals surface area contributed by atoms with E-state index in [4.69, 9.17) is 4.74 Å². The maximum atomic E-state index is 10.6. The SMILES string of the molecule is COCC(C)Nc1nc(NCCNC=O)c(N=Nc2nn(-c3ccncn3)cc2C#N)c(C)c1C#N. The zero-order valence-corrected chi connectivity index (χ0v) is 19.9. The number of nitriles is 2. The molecule has 0 saturated carbocycles. The van der Waals surface area contributed by atoms with Crippen LogP contribution in [0.2, 0.25) is 0 Å². The summed E-state index contributed by atoms with van der Waals surface area (Å²) in [6.07, 6.45) is 4.99. The molecule has 1 unspecified atom stereocenters. The molecule has 0 bridgehead atoms. The molecule has 0 aliphatic carbocycles. The lowest BCUT2D eigenvalue weighted by Gasteiger charge is -2.18. The van der Waals surface area contributed by atoms with Crippen molar-refractivity contribution >= 4 is 29.6 Å². The van der Waals surface area contributed by atoms with Gasteiger partial charge in [-0.3, -0.25) is 4.79 Å². The van der Waals surface area contributed by atoms with Crippen LogP contribution in [-0.2, 0) is 9.53 Å².